The van der Waals surface area contributed by atoms with Crippen molar-refractivity contribution in [1.29, 1.82) is 5.26 Å². The second-order valence-electron chi connectivity index (χ2n) is 8.63. The smallest absolute Gasteiger partial charge is 0.259 e. The van der Waals surface area contributed by atoms with E-state index in [1.54, 1.807) is 59.4 Å². The predicted octanol–water partition coefficient (Wildman–Crippen LogP) is 4.09. The number of benzene rings is 3. The first-order chi connectivity index (χ1) is 18.3. The molecule has 0 aliphatic rings. The van der Waals surface area contributed by atoms with Crippen molar-refractivity contribution in [2.45, 2.75) is 4.90 Å². The van der Waals surface area contributed by atoms with E-state index in [0.29, 0.717) is 27.7 Å². The van der Waals surface area contributed by atoms with Gasteiger partial charge < -0.3 is 4.98 Å². The molecule has 0 atom stereocenters. The van der Waals surface area contributed by atoms with E-state index in [0.717, 1.165) is 9.99 Å². The van der Waals surface area contributed by atoms with Crippen LogP contribution in [0.4, 0.5) is 0 Å². The zero-order valence-corrected chi connectivity index (χ0v) is 21.3. The summed E-state index contributed by atoms with van der Waals surface area (Å²) in [5.41, 5.74) is 2.56. The van der Waals surface area contributed by atoms with Crippen molar-refractivity contribution in [1.82, 2.24) is 24.1 Å². The fraction of sp³-hybridized carbons (Fsp3) is 0.0714. The lowest BCUT2D eigenvalue weighted by atomic mass is 10.1. The molecule has 5 aromatic rings. The Kier molecular flexibility index (Phi) is 6.46. The van der Waals surface area contributed by atoms with Gasteiger partial charge in [0.25, 0.3) is 5.56 Å². The largest absolute Gasteiger partial charge is 0.305 e. The standard InChI is InChI=1S/C28H22N6O3S/c1-33(2)38(36,37)23-12-8-9-19(16-23)26-21(18-34(32-26)22-10-4-3-5-11-22)15-20(17-29)27-30-25-14-7-6-13-24(25)28(35)31-27/h3-16,18H,1-2H3,(H,30,31,35)/b20-15+. The third-order valence-corrected chi connectivity index (χ3v) is 7.75. The number of nitrogens with one attached hydrogen (secondary N) is 1. The minimum absolute atomic E-state index is 0.116. The first kappa shape index (κ1) is 24.8. The van der Waals surface area contributed by atoms with Crippen LogP contribution < -0.4 is 5.56 Å². The Balaban J connectivity index is 1.71. The van der Waals surface area contributed by atoms with Crippen LogP contribution in [0.25, 0.3) is 39.5 Å². The highest BCUT2D eigenvalue weighted by Gasteiger charge is 2.20. The number of hydrogen-bond donors (Lipinski definition) is 1. The van der Waals surface area contributed by atoms with Crippen molar-refractivity contribution in [3.63, 3.8) is 0 Å². The normalized spacial score (nSPS) is 12.1. The molecule has 0 bridgehead atoms. The molecule has 2 aromatic heterocycles. The Morgan fingerprint density at radius 3 is 2.50 bits per heavy atom. The molecule has 3 aromatic carbocycles. The van der Waals surface area contributed by atoms with Crippen molar-refractivity contribution in [3.8, 4) is 23.0 Å². The topological polar surface area (TPSA) is 125 Å². The lowest BCUT2D eigenvalue weighted by Crippen LogP contribution is -2.22. The van der Waals surface area contributed by atoms with Gasteiger partial charge in [-0.15, -0.1) is 0 Å². The van der Waals surface area contributed by atoms with Crippen molar-refractivity contribution in [2.24, 2.45) is 0 Å². The van der Waals surface area contributed by atoms with Gasteiger partial charge in [-0.1, -0.05) is 42.5 Å². The summed E-state index contributed by atoms with van der Waals surface area (Å²) in [5.74, 6) is 0.124. The molecule has 0 saturated heterocycles. The summed E-state index contributed by atoms with van der Waals surface area (Å²) in [6, 6.07) is 24.9. The molecule has 1 N–H and O–H groups in total. The summed E-state index contributed by atoms with van der Waals surface area (Å²) in [5, 5.41) is 15.2. The van der Waals surface area contributed by atoms with Crippen molar-refractivity contribution >= 4 is 32.6 Å². The van der Waals surface area contributed by atoms with Crippen LogP contribution in [0.1, 0.15) is 11.4 Å². The zero-order valence-electron chi connectivity index (χ0n) is 20.5. The molecule has 0 unspecified atom stereocenters. The van der Waals surface area contributed by atoms with E-state index >= 15 is 0 Å². The first-order valence-corrected chi connectivity index (χ1v) is 13.0. The summed E-state index contributed by atoms with van der Waals surface area (Å²) < 4.78 is 28.4. The summed E-state index contributed by atoms with van der Waals surface area (Å²) in [6.45, 7) is 0. The molecule has 0 aliphatic carbocycles. The van der Waals surface area contributed by atoms with Crippen LogP contribution in [0.3, 0.4) is 0 Å². The first-order valence-electron chi connectivity index (χ1n) is 11.6. The van der Waals surface area contributed by atoms with Crippen LogP contribution >= 0.6 is 0 Å². The number of rotatable bonds is 6. The number of para-hydroxylation sites is 2. The monoisotopic (exact) mass is 522 g/mol. The van der Waals surface area contributed by atoms with E-state index in [-0.39, 0.29) is 21.9 Å². The van der Waals surface area contributed by atoms with E-state index in [1.807, 2.05) is 30.3 Å². The number of H-pyrrole nitrogens is 1. The molecular formula is C28H22N6O3S. The molecule has 9 nitrogen and oxygen atoms in total. The molecule has 2 heterocycles. The maximum absolute atomic E-state index is 12.8. The number of aromatic nitrogens is 4. The molecule has 0 aliphatic heterocycles. The van der Waals surface area contributed by atoms with Crippen LogP contribution in [0.15, 0.2) is 94.7 Å². The highest BCUT2D eigenvalue weighted by Crippen LogP contribution is 2.29. The molecule has 0 radical (unpaired) electrons. The van der Waals surface area contributed by atoms with Crippen LogP contribution in [0.5, 0.6) is 0 Å². The number of nitrogens with zero attached hydrogens (tertiary/aromatic N) is 5. The maximum atomic E-state index is 12.8. The predicted molar refractivity (Wildman–Crippen MR) is 146 cm³/mol. The SMILES string of the molecule is CN(C)S(=O)(=O)c1cccc(-c2nn(-c3ccccc3)cc2/C=C(\C#N)c2nc3ccccc3c(=O)[nH]2)c1. The summed E-state index contributed by atoms with van der Waals surface area (Å²) in [6.07, 6.45) is 3.33. The number of fused-ring (bicyclic) bond motifs is 1. The van der Waals surface area contributed by atoms with Crippen LogP contribution in [-0.2, 0) is 10.0 Å². The molecular weight excluding hydrogens is 500 g/mol. The Morgan fingerprint density at radius 1 is 1.03 bits per heavy atom. The fourth-order valence-corrected chi connectivity index (χ4v) is 4.92. The minimum Gasteiger partial charge on any atom is -0.305 e. The van der Waals surface area contributed by atoms with Gasteiger partial charge in [0.2, 0.25) is 10.0 Å². The lowest BCUT2D eigenvalue weighted by Gasteiger charge is -2.12. The zero-order chi connectivity index (χ0) is 26.9. The Morgan fingerprint density at radius 2 is 1.76 bits per heavy atom. The van der Waals surface area contributed by atoms with Gasteiger partial charge in [0, 0.05) is 31.4 Å². The number of hydrogen-bond acceptors (Lipinski definition) is 6. The molecule has 10 heteroatoms. The quantitative estimate of drug-likeness (QED) is 0.335. The maximum Gasteiger partial charge on any atom is 0.259 e. The number of aromatic amines is 1. The molecule has 188 valence electrons. The summed E-state index contributed by atoms with van der Waals surface area (Å²) in [4.78, 5) is 19.9. The third-order valence-electron chi connectivity index (χ3n) is 5.94. The minimum atomic E-state index is -3.68. The molecule has 0 saturated carbocycles. The van der Waals surface area contributed by atoms with E-state index in [9.17, 15) is 18.5 Å². The molecule has 38 heavy (non-hydrogen) atoms. The van der Waals surface area contributed by atoms with E-state index < -0.39 is 10.0 Å². The van der Waals surface area contributed by atoms with E-state index in [1.165, 1.54) is 20.2 Å². The number of allylic oxidation sites excluding steroid dienone is 1. The van der Waals surface area contributed by atoms with Crippen LogP contribution in [-0.4, -0.2) is 46.6 Å². The van der Waals surface area contributed by atoms with Gasteiger partial charge in [-0.2, -0.15) is 10.4 Å². The molecule has 0 fully saturated rings. The van der Waals surface area contributed by atoms with Gasteiger partial charge >= 0.3 is 0 Å². The summed E-state index contributed by atoms with van der Waals surface area (Å²) in [7, 11) is -0.742. The van der Waals surface area contributed by atoms with Gasteiger partial charge in [-0.25, -0.2) is 22.4 Å². The Bertz CT molecular complexity index is 1900. The van der Waals surface area contributed by atoms with Crippen molar-refractivity contribution in [3.05, 3.63) is 107 Å². The molecule has 0 amide bonds. The third kappa shape index (κ3) is 4.64. The Hall–Kier alpha value is -4.85. The number of nitriles is 1. The van der Waals surface area contributed by atoms with Gasteiger partial charge in [-0.3, -0.25) is 4.79 Å². The molecule has 0 spiro atoms. The van der Waals surface area contributed by atoms with Gasteiger partial charge in [0.1, 0.15) is 11.8 Å². The summed E-state index contributed by atoms with van der Waals surface area (Å²) >= 11 is 0. The average Bonchev–Trinajstić information content (AvgIpc) is 3.36. The van der Waals surface area contributed by atoms with Gasteiger partial charge in [0.05, 0.1) is 27.1 Å². The van der Waals surface area contributed by atoms with Gasteiger partial charge in [0.15, 0.2) is 5.82 Å². The number of sulfonamides is 1. The highest BCUT2D eigenvalue weighted by atomic mass is 32.2. The second-order valence-corrected chi connectivity index (χ2v) is 10.8. The van der Waals surface area contributed by atoms with E-state index in [2.05, 4.69) is 16.0 Å². The highest BCUT2D eigenvalue weighted by molar-refractivity contribution is 7.89. The lowest BCUT2D eigenvalue weighted by molar-refractivity contribution is 0.521. The Labute approximate surface area is 219 Å². The van der Waals surface area contributed by atoms with Gasteiger partial charge in [-0.05, 0) is 42.5 Å². The van der Waals surface area contributed by atoms with Crippen LogP contribution in [0, 0.1) is 11.3 Å². The fourth-order valence-electron chi connectivity index (χ4n) is 3.97. The van der Waals surface area contributed by atoms with E-state index in [4.69, 9.17) is 5.10 Å². The van der Waals surface area contributed by atoms with Crippen molar-refractivity contribution in [2.75, 3.05) is 14.1 Å². The average molecular weight is 523 g/mol. The van der Waals surface area contributed by atoms with Crippen LogP contribution in [0.2, 0.25) is 0 Å². The molecule has 5 rings (SSSR count). The second kappa shape index (κ2) is 9.89. The van der Waals surface area contributed by atoms with Crippen molar-refractivity contribution < 1.29 is 8.42 Å².